The number of hydrogen-bond acceptors (Lipinski definition) is 5. The molecule has 182 valence electrons. The Morgan fingerprint density at radius 2 is 1.88 bits per heavy atom. The van der Waals surface area contributed by atoms with Gasteiger partial charge in [-0.05, 0) is 70.2 Å². The number of nitrogens with one attached hydrogen (secondary N) is 1. The third-order valence-corrected chi connectivity index (χ3v) is 5.76. The summed E-state index contributed by atoms with van der Waals surface area (Å²) in [5.41, 5.74) is 0. The predicted octanol–water partition coefficient (Wildman–Crippen LogP) is 4.10. The summed E-state index contributed by atoms with van der Waals surface area (Å²) in [7, 11) is 1.66. The van der Waals surface area contributed by atoms with Gasteiger partial charge in [-0.25, -0.2) is 4.99 Å². The molecular formula is C24H40IN3O4. The van der Waals surface area contributed by atoms with Crippen LogP contribution in [0.2, 0.25) is 0 Å². The first-order chi connectivity index (χ1) is 15.2. The number of hydrogen-bond donors (Lipinski definition) is 1. The monoisotopic (exact) mass is 561 g/mol. The lowest BCUT2D eigenvalue weighted by Gasteiger charge is -2.35. The lowest BCUT2D eigenvalue weighted by molar-refractivity contribution is -0.0721. The predicted molar refractivity (Wildman–Crippen MR) is 139 cm³/mol. The molecule has 0 spiro atoms. The second-order valence-corrected chi connectivity index (χ2v) is 8.31. The number of aliphatic imine (C=N–C) groups is 1. The molecule has 0 radical (unpaired) electrons. The maximum atomic E-state index is 6.15. The zero-order valence-corrected chi connectivity index (χ0v) is 22.1. The Morgan fingerprint density at radius 3 is 2.50 bits per heavy atom. The molecule has 3 rings (SSSR count). The molecule has 1 aromatic rings. The third-order valence-electron chi connectivity index (χ3n) is 5.76. The summed E-state index contributed by atoms with van der Waals surface area (Å²) in [5.74, 6) is 2.61. The van der Waals surface area contributed by atoms with Crippen molar-refractivity contribution < 1.29 is 18.9 Å². The molecule has 0 aromatic heterocycles. The Labute approximate surface area is 210 Å². The van der Waals surface area contributed by atoms with Gasteiger partial charge in [0.15, 0.2) is 5.96 Å². The maximum Gasteiger partial charge on any atom is 0.194 e. The van der Waals surface area contributed by atoms with Crippen LogP contribution in [0.25, 0.3) is 0 Å². The van der Waals surface area contributed by atoms with Crippen LogP contribution >= 0.6 is 24.0 Å². The van der Waals surface area contributed by atoms with Gasteiger partial charge in [-0.2, -0.15) is 0 Å². The molecule has 2 unspecified atom stereocenters. The molecule has 0 aliphatic carbocycles. The highest BCUT2D eigenvalue weighted by atomic mass is 127. The number of methoxy groups -OCH3 is 1. The van der Waals surface area contributed by atoms with Gasteiger partial charge < -0.3 is 29.2 Å². The topological polar surface area (TPSA) is 64.6 Å². The van der Waals surface area contributed by atoms with E-state index in [9.17, 15) is 0 Å². The summed E-state index contributed by atoms with van der Waals surface area (Å²) in [4.78, 5) is 7.17. The standard InChI is InChI=1S/C24H39N3O4.HI/c1-4-25-24(26-17-19(2)31-22-10-8-20(28-3)9-11-22)27-14-12-21(13-15-27)30-18-23-7-5-6-16-29-23;/h8-11,19,21,23H,4-7,12-18H2,1-3H3,(H,25,26);1H. The van der Waals surface area contributed by atoms with Crippen LogP contribution in [0.4, 0.5) is 0 Å². The lowest BCUT2D eigenvalue weighted by Crippen LogP contribution is -2.47. The average molecular weight is 562 g/mol. The van der Waals surface area contributed by atoms with E-state index >= 15 is 0 Å². The number of benzene rings is 1. The Hall–Kier alpha value is -1.26. The van der Waals surface area contributed by atoms with Gasteiger partial charge >= 0.3 is 0 Å². The number of halogens is 1. The number of nitrogens with zero attached hydrogens (tertiary/aromatic N) is 2. The van der Waals surface area contributed by atoms with E-state index in [4.69, 9.17) is 23.9 Å². The summed E-state index contributed by atoms with van der Waals surface area (Å²) < 4.78 is 23.1. The van der Waals surface area contributed by atoms with Gasteiger partial charge in [-0.3, -0.25) is 0 Å². The van der Waals surface area contributed by atoms with Crippen LogP contribution in [-0.4, -0.2) is 75.7 Å². The van der Waals surface area contributed by atoms with E-state index in [2.05, 4.69) is 17.1 Å². The average Bonchev–Trinajstić information content (AvgIpc) is 2.82. The molecule has 2 aliphatic heterocycles. The van der Waals surface area contributed by atoms with Crippen molar-refractivity contribution in [2.45, 2.75) is 64.3 Å². The molecule has 0 saturated carbocycles. The second kappa shape index (κ2) is 14.8. The first kappa shape index (κ1) is 27.0. The van der Waals surface area contributed by atoms with Crippen LogP contribution in [0.15, 0.2) is 29.3 Å². The SMILES string of the molecule is CCNC(=NCC(C)Oc1ccc(OC)cc1)N1CCC(OCC2CCCCO2)CC1.I. The van der Waals surface area contributed by atoms with E-state index in [0.717, 1.165) is 69.6 Å². The summed E-state index contributed by atoms with van der Waals surface area (Å²) in [6.45, 7) is 9.13. The summed E-state index contributed by atoms with van der Waals surface area (Å²) in [6.07, 6.45) is 6.22. The third kappa shape index (κ3) is 8.94. The van der Waals surface area contributed by atoms with Crippen LogP contribution < -0.4 is 14.8 Å². The second-order valence-electron chi connectivity index (χ2n) is 8.31. The van der Waals surface area contributed by atoms with E-state index in [1.807, 2.05) is 31.2 Å². The van der Waals surface area contributed by atoms with Gasteiger partial charge in [0.2, 0.25) is 0 Å². The molecule has 2 heterocycles. The van der Waals surface area contributed by atoms with E-state index < -0.39 is 0 Å². The molecule has 7 nitrogen and oxygen atoms in total. The Morgan fingerprint density at radius 1 is 1.16 bits per heavy atom. The first-order valence-corrected chi connectivity index (χ1v) is 11.7. The summed E-state index contributed by atoms with van der Waals surface area (Å²) in [5, 5.41) is 3.43. The molecule has 2 fully saturated rings. The highest BCUT2D eigenvalue weighted by molar-refractivity contribution is 14.0. The number of ether oxygens (including phenoxy) is 4. The van der Waals surface area contributed by atoms with Crippen molar-refractivity contribution in [3.63, 3.8) is 0 Å². The van der Waals surface area contributed by atoms with Gasteiger partial charge in [0.05, 0.1) is 32.5 Å². The fourth-order valence-electron chi connectivity index (χ4n) is 3.98. The van der Waals surface area contributed by atoms with Crippen molar-refractivity contribution in [3.8, 4) is 11.5 Å². The fraction of sp³-hybridized carbons (Fsp3) is 0.708. The van der Waals surface area contributed by atoms with Crippen molar-refractivity contribution in [2.75, 3.05) is 46.5 Å². The minimum Gasteiger partial charge on any atom is -0.497 e. The molecule has 8 heteroatoms. The molecular weight excluding hydrogens is 521 g/mol. The molecule has 1 aromatic carbocycles. The zero-order valence-electron chi connectivity index (χ0n) is 19.8. The van der Waals surface area contributed by atoms with Crippen molar-refractivity contribution in [2.24, 2.45) is 4.99 Å². The van der Waals surface area contributed by atoms with E-state index in [0.29, 0.717) is 12.6 Å². The Balaban J connectivity index is 0.00000363. The zero-order chi connectivity index (χ0) is 21.9. The van der Waals surface area contributed by atoms with Crippen LogP contribution in [0.1, 0.15) is 46.0 Å². The van der Waals surface area contributed by atoms with E-state index in [1.165, 1.54) is 12.8 Å². The highest BCUT2D eigenvalue weighted by Crippen LogP contribution is 2.19. The van der Waals surface area contributed by atoms with Crippen LogP contribution in [0.5, 0.6) is 11.5 Å². The van der Waals surface area contributed by atoms with Gasteiger partial charge in [0, 0.05) is 26.2 Å². The number of rotatable bonds is 9. The van der Waals surface area contributed by atoms with Crippen molar-refractivity contribution >= 4 is 29.9 Å². The molecule has 32 heavy (non-hydrogen) atoms. The quantitative estimate of drug-likeness (QED) is 0.279. The smallest absolute Gasteiger partial charge is 0.194 e. The highest BCUT2D eigenvalue weighted by Gasteiger charge is 2.24. The van der Waals surface area contributed by atoms with E-state index in [-0.39, 0.29) is 36.2 Å². The van der Waals surface area contributed by atoms with Crippen molar-refractivity contribution in [3.05, 3.63) is 24.3 Å². The van der Waals surface area contributed by atoms with Crippen LogP contribution in [0.3, 0.4) is 0 Å². The van der Waals surface area contributed by atoms with E-state index in [1.54, 1.807) is 7.11 Å². The minimum absolute atomic E-state index is 0. The molecule has 0 bridgehead atoms. The largest absolute Gasteiger partial charge is 0.497 e. The normalized spacial score (nSPS) is 20.9. The van der Waals surface area contributed by atoms with Crippen molar-refractivity contribution in [1.29, 1.82) is 0 Å². The van der Waals surface area contributed by atoms with Gasteiger partial charge in [0.25, 0.3) is 0 Å². The summed E-state index contributed by atoms with van der Waals surface area (Å²) >= 11 is 0. The van der Waals surface area contributed by atoms with Gasteiger partial charge in [0.1, 0.15) is 17.6 Å². The lowest BCUT2D eigenvalue weighted by atomic mass is 10.1. The van der Waals surface area contributed by atoms with Crippen LogP contribution in [-0.2, 0) is 9.47 Å². The number of likely N-dealkylation sites (tertiary alicyclic amines) is 1. The Bertz CT molecular complexity index is 660. The van der Waals surface area contributed by atoms with Crippen LogP contribution in [0, 0.1) is 0 Å². The molecule has 2 atom stereocenters. The molecule has 2 saturated heterocycles. The van der Waals surface area contributed by atoms with Crippen molar-refractivity contribution in [1.82, 2.24) is 10.2 Å². The number of guanidine groups is 1. The minimum atomic E-state index is -0.0154. The molecule has 0 amide bonds. The Kier molecular flexibility index (Phi) is 12.5. The first-order valence-electron chi connectivity index (χ1n) is 11.7. The van der Waals surface area contributed by atoms with Gasteiger partial charge in [-0.1, -0.05) is 0 Å². The fourth-order valence-corrected chi connectivity index (χ4v) is 3.98. The summed E-state index contributed by atoms with van der Waals surface area (Å²) in [6, 6.07) is 7.66. The van der Waals surface area contributed by atoms with Gasteiger partial charge in [-0.15, -0.1) is 24.0 Å². The molecule has 2 aliphatic rings. The maximum absolute atomic E-state index is 6.15. The number of piperidine rings is 1. The molecule has 1 N–H and O–H groups in total.